The van der Waals surface area contributed by atoms with Gasteiger partial charge in [0.05, 0.1) is 12.2 Å². The third-order valence-corrected chi connectivity index (χ3v) is 5.42. The predicted octanol–water partition coefficient (Wildman–Crippen LogP) is 5.18. The van der Waals surface area contributed by atoms with Gasteiger partial charge in [0, 0.05) is 12.0 Å². The van der Waals surface area contributed by atoms with Crippen LogP contribution in [0.5, 0.6) is 0 Å². The normalized spacial score (nSPS) is 31.4. The summed E-state index contributed by atoms with van der Waals surface area (Å²) in [4.78, 5) is 11.4. The first-order valence-electron chi connectivity index (χ1n) is 11.4. The maximum atomic E-state index is 11.4. The maximum absolute atomic E-state index is 11.4. The lowest BCUT2D eigenvalue weighted by Gasteiger charge is -2.44. The van der Waals surface area contributed by atoms with Gasteiger partial charge in [-0.2, -0.15) is 0 Å². The average molecular weight is 431 g/mol. The van der Waals surface area contributed by atoms with E-state index in [-0.39, 0.29) is 18.1 Å². The van der Waals surface area contributed by atoms with Crippen LogP contribution in [-0.4, -0.2) is 41.3 Å². The molecule has 172 valence electrons. The van der Waals surface area contributed by atoms with Crippen LogP contribution >= 0.6 is 0 Å². The molecule has 0 amide bonds. The number of carbonyl (C=O) groups is 1. The molecule has 0 unspecified atom stereocenters. The van der Waals surface area contributed by atoms with Gasteiger partial charge in [0.1, 0.15) is 12.2 Å². The van der Waals surface area contributed by atoms with Crippen molar-refractivity contribution in [1.29, 1.82) is 0 Å². The van der Waals surface area contributed by atoms with Gasteiger partial charge >= 0.3 is 5.97 Å². The average Bonchev–Trinajstić information content (AvgIpc) is 2.72. The van der Waals surface area contributed by atoms with Gasteiger partial charge in [0.15, 0.2) is 5.79 Å². The fraction of sp³-hybridized carbons (Fsp3) is 0.577. The van der Waals surface area contributed by atoms with Crippen molar-refractivity contribution in [2.45, 2.75) is 90.0 Å². The molecule has 1 fully saturated rings. The number of cyclic esters (lactones) is 1. The van der Waals surface area contributed by atoms with Crippen LogP contribution in [0.3, 0.4) is 0 Å². The second kappa shape index (κ2) is 12.8. The number of hydrogen-bond acceptors (Lipinski definition) is 5. The predicted molar refractivity (Wildman–Crippen MR) is 123 cm³/mol. The van der Waals surface area contributed by atoms with Crippen molar-refractivity contribution in [2.24, 2.45) is 5.92 Å². The van der Waals surface area contributed by atoms with Crippen molar-refractivity contribution >= 4 is 5.97 Å². The number of unbranched alkanes of at least 4 members (excludes halogenated alkanes) is 3. The van der Waals surface area contributed by atoms with Gasteiger partial charge < -0.3 is 19.3 Å². The molecular formula is C26H38O5. The second-order valence-electron chi connectivity index (χ2n) is 8.61. The van der Waals surface area contributed by atoms with Gasteiger partial charge in [-0.25, -0.2) is 4.79 Å². The standard InChI is InChI=1S/C26H38O5/c1-5-6-7-8-9-10-11-12-13-15-22-20(2)23(31-26(3,4)30-22)16-14-17-24-21(27)18-19-25(28)29-24/h9-15,17-24,27H,5-8,16H2,1-4H3/b10-9+,12-11-,15-13-,17-14+/t20-,21-,22-,23-,24-/m0/s1. The zero-order chi connectivity index (χ0) is 22.7. The van der Waals surface area contributed by atoms with E-state index in [1.54, 1.807) is 6.08 Å². The highest BCUT2D eigenvalue weighted by Gasteiger charge is 2.39. The van der Waals surface area contributed by atoms with Crippen LogP contribution in [-0.2, 0) is 19.0 Å². The van der Waals surface area contributed by atoms with Crippen LogP contribution < -0.4 is 0 Å². The Labute approximate surface area is 187 Å². The highest BCUT2D eigenvalue weighted by atomic mass is 16.7. The minimum absolute atomic E-state index is 0.0518. The molecule has 1 N–H and O–H groups in total. The van der Waals surface area contributed by atoms with Gasteiger partial charge in [-0.1, -0.05) is 69.2 Å². The Kier molecular flexibility index (Phi) is 10.4. The van der Waals surface area contributed by atoms with Gasteiger partial charge in [-0.3, -0.25) is 0 Å². The molecule has 1 saturated heterocycles. The monoisotopic (exact) mass is 430 g/mol. The molecule has 2 aliphatic rings. The molecule has 31 heavy (non-hydrogen) atoms. The van der Waals surface area contributed by atoms with E-state index in [0.29, 0.717) is 6.42 Å². The molecule has 0 aromatic carbocycles. The third-order valence-electron chi connectivity index (χ3n) is 5.42. The summed E-state index contributed by atoms with van der Waals surface area (Å²) in [5.74, 6) is -0.987. The fourth-order valence-electron chi connectivity index (χ4n) is 3.64. The molecule has 0 bridgehead atoms. The number of carbonyl (C=O) groups excluding carboxylic acids is 1. The Balaban J connectivity index is 1.88. The van der Waals surface area contributed by atoms with Crippen LogP contribution in [0.1, 0.15) is 59.8 Å². The van der Waals surface area contributed by atoms with Crippen LogP contribution in [0, 0.1) is 5.92 Å². The van der Waals surface area contributed by atoms with Crippen LogP contribution in [0.4, 0.5) is 0 Å². The first-order valence-corrected chi connectivity index (χ1v) is 11.4. The van der Waals surface area contributed by atoms with Gasteiger partial charge in [0.2, 0.25) is 0 Å². The molecule has 0 radical (unpaired) electrons. The Morgan fingerprint density at radius 2 is 1.81 bits per heavy atom. The molecule has 0 aromatic rings. The minimum atomic E-state index is -0.818. The highest BCUT2D eigenvalue weighted by molar-refractivity contribution is 5.83. The molecule has 2 rings (SSSR count). The van der Waals surface area contributed by atoms with Crippen molar-refractivity contribution < 1.29 is 24.1 Å². The Morgan fingerprint density at radius 1 is 1.03 bits per heavy atom. The third kappa shape index (κ3) is 8.98. The molecule has 0 spiro atoms. The van der Waals surface area contributed by atoms with Crippen molar-refractivity contribution in [2.75, 3.05) is 0 Å². The van der Waals surface area contributed by atoms with E-state index >= 15 is 0 Å². The van der Waals surface area contributed by atoms with Crippen molar-refractivity contribution in [3.63, 3.8) is 0 Å². The number of hydrogen-bond donors (Lipinski definition) is 1. The van der Waals surface area contributed by atoms with Crippen molar-refractivity contribution in [3.05, 3.63) is 60.8 Å². The zero-order valence-electron chi connectivity index (χ0n) is 19.3. The number of allylic oxidation sites excluding steroid dienone is 5. The van der Waals surface area contributed by atoms with Gasteiger partial charge in [-0.05, 0) is 45.3 Å². The van der Waals surface area contributed by atoms with E-state index in [9.17, 15) is 9.90 Å². The van der Waals surface area contributed by atoms with Crippen LogP contribution in [0.2, 0.25) is 0 Å². The first-order chi connectivity index (χ1) is 14.8. The van der Waals surface area contributed by atoms with Crippen molar-refractivity contribution in [3.8, 4) is 0 Å². The van der Waals surface area contributed by atoms with Gasteiger partial charge in [0.25, 0.3) is 0 Å². The molecule has 5 heteroatoms. The molecule has 0 saturated carbocycles. The first kappa shape index (κ1) is 25.3. The van der Waals surface area contributed by atoms with E-state index in [1.165, 1.54) is 31.4 Å². The summed E-state index contributed by atoms with van der Waals surface area (Å²) in [6.45, 7) is 8.16. The van der Waals surface area contributed by atoms with E-state index < -0.39 is 24.0 Å². The Bertz CT molecular complexity index is 701. The molecule has 2 heterocycles. The minimum Gasteiger partial charge on any atom is -0.452 e. The topological polar surface area (TPSA) is 65.0 Å². The van der Waals surface area contributed by atoms with Gasteiger partial charge in [-0.15, -0.1) is 0 Å². The molecule has 0 aromatic heterocycles. The van der Waals surface area contributed by atoms with Crippen LogP contribution in [0.25, 0.3) is 0 Å². The molecule has 5 nitrogen and oxygen atoms in total. The lowest BCUT2D eigenvalue weighted by atomic mass is 9.92. The van der Waals surface area contributed by atoms with E-state index in [0.717, 1.165) is 6.42 Å². The highest BCUT2D eigenvalue weighted by Crippen LogP contribution is 2.33. The van der Waals surface area contributed by atoms with Crippen molar-refractivity contribution in [1.82, 2.24) is 0 Å². The SMILES string of the molecule is CCCCC/C=C/C=C\C=C/[C@@H]1OC(C)(C)O[C@@H](C/C=C/[C@@H]2OC(=O)C=C[C@@H]2O)[C@H]1C. The molecular weight excluding hydrogens is 392 g/mol. The number of ether oxygens (including phenoxy) is 3. The quantitative estimate of drug-likeness (QED) is 0.224. The lowest BCUT2D eigenvalue weighted by Crippen LogP contribution is -2.49. The summed E-state index contributed by atoms with van der Waals surface area (Å²) in [5.41, 5.74) is 0. The second-order valence-corrected chi connectivity index (χ2v) is 8.61. The van der Waals surface area contributed by atoms with E-state index in [4.69, 9.17) is 14.2 Å². The summed E-state index contributed by atoms with van der Waals surface area (Å²) in [6.07, 6.45) is 22.7. The summed E-state index contributed by atoms with van der Waals surface area (Å²) in [5, 5.41) is 9.93. The summed E-state index contributed by atoms with van der Waals surface area (Å²) < 4.78 is 17.4. The molecule has 0 aliphatic carbocycles. The van der Waals surface area contributed by atoms with E-state index in [2.05, 4.69) is 32.1 Å². The zero-order valence-corrected chi connectivity index (χ0v) is 19.3. The number of aliphatic hydroxyl groups is 1. The largest absolute Gasteiger partial charge is 0.452 e. The summed E-state index contributed by atoms with van der Waals surface area (Å²) >= 11 is 0. The smallest absolute Gasteiger partial charge is 0.331 e. The number of aliphatic hydroxyl groups excluding tert-OH is 1. The number of esters is 1. The number of rotatable bonds is 10. The van der Waals surface area contributed by atoms with E-state index in [1.807, 2.05) is 38.2 Å². The summed E-state index contributed by atoms with van der Waals surface area (Å²) in [7, 11) is 0. The lowest BCUT2D eigenvalue weighted by molar-refractivity contribution is -0.308. The summed E-state index contributed by atoms with van der Waals surface area (Å²) in [6, 6.07) is 0. The maximum Gasteiger partial charge on any atom is 0.331 e. The Hall–Kier alpha value is -1.95. The Morgan fingerprint density at radius 3 is 2.58 bits per heavy atom. The molecule has 5 atom stereocenters. The fourth-order valence-corrected chi connectivity index (χ4v) is 3.64. The van der Waals surface area contributed by atoms with Crippen LogP contribution in [0.15, 0.2) is 60.8 Å². The molecule has 2 aliphatic heterocycles.